The summed E-state index contributed by atoms with van der Waals surface area (Å²) in [6.45, 7) is 0. The number of hydrogen-bond acceptors (Lipinski definition) is 5. The van der Waals surface area contributed by atoms with Crippen molar-refractivity contribution in [2.75, 3.05) is 7.11 Å². The summed E-state index contributed by atoms with van der Waals surface area (Å²) in [5.41, 5.74) is 2.93. The van der Waals surface area contributed by atoms with Gasteiger partial charge in [0.05, 0.1) is 12.9 Å². The smallest absolute Gasteiger partial charge is 0.173 e. The molecule has 0 unspecified atom stereocenters. The van der Waals surface area contributed by atoms with Crippen LogP contribution in [-0.2, 0) is 5.75 Å². The maximum Gasteiger partial charge on any atom is 0.173 e. The van der Waals surface area contributed by atoms with Crippen molar-refractivity contribution in [1.29, 1.82) is 0 Å². The van der Waals surface area contributed by atoms with Gasteiger partial charge in [-0.15, -0.1) is 0 Å². The first-order valence-corrected chi connectivity index (χ1v) is 9.13. The molecule has 0 saturated heterocycles. The van der Waals surface area contributed by atoms with E-state index in [4.69, 9.17) is 9.26 Å². The van der Waals surface area contributed by atoms with Gasteiger partial charge < -0.3 is 9.26 Å². The highest BCUT2D eigenvalue weighted by Gasteiger charge is 2.10. The molecule has 0 saturated carbocycles. The van der Waals surface area contributed by atoms with Crippen LogP contribution in [0.15, 0.2) is 82.7 Å². The van der Waals surface area contributed by atoms with Gasteiger partial charge >= 0.3 is 0 Å². The normalized spacial score (nSPS) is 10.8. The van der Waals surface area contributed by atoms with Crippen molar-refractivity contribution in [2.45, 2.75) is 10.9 Å². The topological polar surface area (TPSA) is 53.1 Å². The molecule has 2 heterocycles. The second-order valence-electron chi connectivity index (χ2n) is 5.61. The lowest BCUT2D eigenvalue weighted by molar-refractivity contribution is 0.397. The van der Waals surface area contributed by atoms with Crippen LogP contribution in [0.2, 0.25) is 0 Å². The first-order chi connectivity index (χ1) is 12.8. The van der Waals surface area contributed by atoms with Gasteiger partial charge in [-0.3, -0.25) is 4.57 Å². The molecule has 2 aromatic carbocycles. The number of rotatable bonds is 6. The highest BCUT2D eigenvalue weighted by atomic mass is 32.2. The van der Waals surface area contributed by atoms with Crippen molar-refractivity contribution in [2.24, 2.45) is 0 Å². The van der Waals surface area contributed by atoms with Crippen molar-refractivity contribution in [3.05, 3.63) is 78.8 Å². The fraction of sp³-hybridized carbons (Fsp3) is 0.100. The molecule has 4 aromatic rings. The molecule has 0 N–H and O–H groups in total. The predicted octanol–water partition coefficient (Wildman–Crippen LogP) is 4.83. The average Bonchev–Trinajstić information content (AvgIpc) is 3.36. The lowest BCUT2D eigenvalue weighted by Gasteiger charge is -2.07. The number of thioether (sulfide) groups is 1. The van der Waals surface area contributed by atoms with Crippen molar-refractivity contribution < 1.29 is 9.26 Å². The minimum atomic E-state index is 0.660. The zero-order valence-electron chi connectivity index (χ0n) is 14.2. The monoisotopic (exact) mass is 363 g/mol. The van der Waals surface area contributed by atoms with Crippen molar-refractivity contribution in [1.82, 2.24) is 14.7 Å². The molecule has 0 aliphatic carbocycles. The van der Waals surface area contributed by atoms with E-state index in [1.807, 2.05) is 71.4 Å². The van der Waals surface area contributed by atoms with Crippen LogP contribution in [0, 0.1) is 0 Å². The van der Waals surface area contributed by atoms with E-state index < -0.39 is 0 Å². The number of nitrogens with zero attached hydrogens (tertiary/aromatic N) is 3. The van der Waals surface area contributed by atoms with E-state index in [-0.39, 0.29) is 0 Å². The Balaban J connectivity index is 1.47. The van der Waals surface area contributed by atoms with Gasteiger partial charge in [0.1, 0.15) is 17.2 Å². The summed E-state index contributed by atoms with van der Waals surface area (Å²) in [6, 6.07) is 19.9. The molecule has 4 rings (SSSR count). The predicted molar refractivity (Wildman–Crippen MR) is 102 cm³/mol. The molecule has 0 aliphatic heterocycles. The Bertz CT molecular complexity index is 978. The molecule has 2 aromatic heterocycles. The van der Waals surface area contributed by atoms with E-state index in [1.165, 1.54) is 0 Å². The van der Waals surface area contributed by atoms with Crippen LogP contribution in [0.4, 0.5) is 0 Å². The molecular weight excluding hydrogens is 346 g/mol. The molecule has 0 spiro atoms. The minimum Gasteiger partial charge on any atom is -0.497 e. The first kappa shape index (κ1) is 16.5. The van der Waals surface area contributed by atoms with Crippen LogP contribution in [0.5, 0.6) is 5.75 Å². The molecule has 130 valence electrons. The van der Waals surface area contributed by atoms with Crippen LogP contribution in [0.1, 0.15) is 5.76 Å². The molecule has 0 radical (unpaired) electrons. The Kier molecular flexibility index (Phi) is 4.75. The Morgan fingerprint density at radius 1 is 1.08 bits per heavy atom. The molecule has 26 heavy (non-hydrogen) atoms. The van der Waals surface area contributed by atoms with Crippen molar-refractivity contribution in [3.8, 4) is 22.7 Å². The summed E-state index contributed by atoms with van der Waals surface area (Å²) in [5, 5.41) is 5.05. The Hall–Kier alpha value is -2.99. The van der Waals surface area contributed by atoms with E-state index in [2.05, 4.69) is 10.1 Å². The summed E-state index contributed by atoms with van der Waals surface area (Å²) in [6.07, 6.45) is 3.74. The minimum absolute atomic E-state index is 0.660. The number of hydrogen-bond donors (Lipinski definition) is 0. The maximum absolute atomic E-state index is 5.47. The second kappa shape index (κ2) is 7.49. The summed E-state index contributed by atoms with van der Waals surface area (Å²) >= 11 is 1.61. The van der Waals surface area contributed by atoms with Crippen LogP contribution in [-0.4, -0.2) is 21.8 Å². The van der Waals surface area contributed by atoms with Crippen LogP contribution in [0.25, 0.3) is 16.9 Å². The van der Waals surface area contributed by atoms with Gasteiger partial charge in [0.2, 0.25) is 0 Å². The van der Waals surface area contributed by atoms with Gasteiger partial charge in [-0.2, -0.15) is 0 Å². The van der Waals surface area contributed by atoms with Gasteiger partial charge in [-0.05, 0) is 24.3 Å². The molecule has 5 nitrogen and oxygen atoms in total. The number of benzene rings is 2. The molecular formula is C20H17N3O2S. The molecule has 0 fully saturated rings. The zero-order chi connectivity index (χ0) is 17.8. The van der Waals surface area contributed by atoms with E-state index in [0.29, 0.717) is 5.75 Å². The Labute approximate surface area is 155 Å². The number of methoxy groups -OCH3 is 1. The Morgan fingerprint density at radius 3 is 2.65 bits per heavy atom. The van der Waals surface area contributed by atoms with Crippen molar-refractivity contribution in [3.63, 3.8) is 0 Å². The van der Waals surface area contributed by atoms with Gasteiger partial charge in [-0.25, -0.2) is 4.98 Å². The zero-order valence-corrected chi connectivity index (χ0v) is 15.0. The van der Waals surface area contributed by atoms with Gasteiger partial charge in [0.25, 0.3) is 0 Å². The van der Waals surface area contributed by atoms with E-state index in [1.54, 1.807) is 25.1 Å². The quantitative estimate of drug-likeness (QED) is 0.459. The van der Waals surface area contributed by atoms with E-state index in [9.17, 15) is 0 Å². The number of aromatic nitrogens is 3. The summed E-state index contributed by atoms with van der Waals surface area (Å²) in [5.74, 6) is 2.31. The first-order valence-electron chi connectivity index (χ1n) is 8.15. The highest BCUT2D eigenvalue weighted by molar-refractivity contribution is 7.98. The molecule has 6 heteroatoms. The molecule has 0 bridgehead atoms. The second-order valence-corrected chi connectivity index (χ2v) is 6.55. The number of imidazole rings is 1. The van der Waals surface area contributed by atoms with E-state index in [0.717, 1.165) is 33.6 Å². The molecule has 0 aliphatic rings. The van der Waals surface area contributed by atoms with E-state index >= 15 is 0 Å². The lowest BCUT2D eigenvalue weighted by atomic mass is 10.1. The number of ether oxygens (including phenoxy) is 1. The maximum atomic E-state index is 5.47. The fourth-order valence-electron chi connectivity index (χ4n) is 2.60. The summed E-state index contributed by atoms with van der Waals surface area (Å²) < 4.78 is 12.7. The van der Waals surface area contributed by atoms with Gasteiger partial charge in [-0.1, -0.05) is 47.3 Å². The van der Waals surface area contributed by atoms with Crippen LogP contribution in [0.3, 0.4) is 0 Å². The third-order valence-electron chi connectivity index (χ3n) is 3.93. The highest BCUT2D eigenvalue weighted by Crippen LogP contribution is 2.27. The largest absolute Gasteiger partial charge is 0.497 e. The average molecular weight is 363 g/mol. The SMILES string of the molecule is COc1ccc(-n2ccnc2SCc2cc(-c3ccccc3)no2)cc1. The fourth-order valence-corrected chi connectivity index (χ4v) is 3.45. The van der Waals surface area contributed by atoms with Gasteiger partial charge in [0, 0.05) is 29.7 Å². The van der Waals surface area contributed by atoms with Crippen LogP contribution < -0.4 is 4.74 Å². The summed E-state index contributed by atoms with van der Waals surface area (Å²) in [4.78, 5) is 4.45. The standard InChI is InChI=1S/C20H17N3O2S/c1-24-17-9-7-16(8-10-17)23-12-11-21-20(23)26-14-18-13-19(22-25-18)15-5-3-2-4-6-15/h2-13H,14H2,1H3. The molecule has 0 atom stereocenters. The van der Waals surface area contributed by atoms with Gasteiger partial charge in [0.15, 0.2) is 5.16 Å². The van der Waals surface area contributed by atoms with Crippen LogP contribution >= 0.6 is 11.8 Å². The lowest BCUT2D eigenvalue weighted by Crippen LogP contribution is -1.95. The van der Waals surface area contributed by atoms with Crippen molar-refractivity contribution >= 4 is 11.8 Å². The third-order valence-corrected chi connectivity index (χ3v) is 4.92. The Morgan fingerprint density at radius 2 is 1.88 bits per heavy atom. The third kappa shape index (κ3) is 3.50. The summed E-state index contributed by atoms with van der Waals surface area (Å²) in [7, 11) is 1.66. The molecule has 0 amide bonds.